The van der Waals surface area contributed by atoms with Crippen LogP contribution in [0.2, 0.25) is 0 Å². The summed E-state index contributed by atoms with van der Waals surface area (Å²) in [5.41, 5.74) is 1.12. The van der Waals surface area contributed by atoms with Crippen LogP contribution in [-0.2, 0) is 11.3 Å². The second-order valence-electron chi connectivity index (χ2n) is 4.98. The van der Waals surface area contributed by atoms with Crippen molar-refractivity contribution in [1.29, 1.82) is 0 Å². The van der Waals surface area contributed by atoms with Crippen LogP contribution < -0.4 is 5.32 Å². The molecular weight excluding hydrogens is 244 g/mol. The van der Waals surface area contributed by atoms with E-state index < -0.39 is 12.2 Å². The Hall–Kier alpha value is -1.43. The van der Waals surface area contributed by atoms with Crippen molar-refractivity contribution < 1.29 is 15.0 Å². The highest BCUT2D eigenvalue weighted by atomic mass is 16.3. The lowest BCUT2D eigenvalue weighted by Crippen LogP contribution is -2.44. The monoisotopic (exact) mass is 264 g/mol. The second kappa shape index (κ2) is 6.14. The van der Waals surface area contributed by atoms with Crippen LogP contribution in [0.25, 0.3) is 0 Å². The highest BCUT2D eigenvalue weighted by molar-refractivity contribution is 5.72. The minimum Gasteiger partial charge on any atom is -0.389 e. The number of β-amino-alcohol motifs (C(OH)–C–C–N with tert-alkyl or cyclic N) is 1. The summed E-state index contributed by atoms with van der Waals surface area (Å²) in [5.74, 6) is -0.131. The quantitative estimate of drug-likeness (QED) is 0.700. The first-order valence-corrected chi connectivity index (χ1v) is 6.46. The molecular formula is C14H20N2O3. The number of nitrogens with zero attached hydrogens (tertiary/aromatic N) is 1. The summed E-state index contributed by atoms with van der Waals surface area (Å²) in [5, 5.41) is 22.5. The molecule has 0 aromatic heterocycles. The fraction of sp³-hybridized carbons (Fsp3) is 0.500. The Morgan fingerprint density at radius 3 is 2.68 bits per heavy atom. The predicted octanol–water partition coefficient (Wildman–Crippen LogP) is -0.271. The van der Waals surface area contributed by atoms with Gasteiger partial charge < -0.3 is 15.5 Å². The third kappa shape index (κ3) is 3.53. The summed E-state index contributed by atoms with van der Waals surface area (Å²) in [7, 11) is 0. The molecule has 0 unspecified atom stereocenters. The molecule has 0 bridgehead atoms. The summed E-state index contributed by atoms with van der Waals surface area (Å²) in [6.07, 6.45) is -1.59. The standard InChI is InChI=1S/C14H20N2O3/c1-10(17)15-7-12-14(19)13(18)9-16(12)8-11-5-3-2-4-6-11/h2-6,12-14,18-19H,7-9H2,1H3,(H,15,17)/t12-,13+,14-/m1/s1. The molecule has 5 heteroatoms. The number of rotatable bonds is 4. The molecule has 0 spiro atoms. The molecule has 104 valence electrons. The highest BCUT2D eigenvalue weighted by Crippen LogP contribution is 2.20. The van der Waals surface area contributed by atoms with E-state index in [0.717, 1.165) is 5.56 Å². The number of likely N-dealkylation sites (tertiary alicyclic amines) is 1. The fourth-order valence-electron chi connectivity index (χ4n) is 2.45. The molecule has 0 saturated carbocycles. The molecule has 1 heterocycles. The number of aliphatic hydroxyl groups is 2. The van der Waals surface area contributed by atoms with Gasteiger partial charge in [-0.05, 0) is 5.56 Å². The molecule has 0 aliphatic carbocycles. The normalized spacial score (nSPS) is 27.4. The molecule has 1 aromatic carbocycles. The average molecular weight is 264 g/mol. The van der Waals surface area contributed by atoms with Crippen LogP contribution in [0.4, 0.5) is 0 Å². The molecule has 19 heavy (non-hydrogen) atoms. The van der Waals surface area contributed by atoms with Gasteiger partial charge >= 0.3 is 0 Å². The van der Waals surface area contributed by atoms with Crippen LogP contribution in [0.15, 0.2) is 30.3 Å². The van der Waals surface area contributed by atoms with Crippen molar-refractivity contribution in [3.05, 3.63) is 35.9 Å². The van der Waals surface area contributed by atoms with Crippen LogP contribution in [0, 0.1) is 0 Å². The minimum atomic E-state index is -0.824. The number of carbonyl (C=O) groups is 1. The number of hydrogen-bond acceptors (Lipinski definition) is 4. The van der Waals surface area contributed by atoms with Gasteiger partial charge in [0.2, 0.25) is 5.91 Å². The zero-order chi connectivity index (χ0) is 13.8. The molecule has 1 fully saturated rings. The van der Waals surface area contributed by atoms with E-state index >= 15 is 0 Å². The van der Waals surface area contributed by atoms with E-state index in [9.17, 15) is 15.0 Å². The Bertz CT molecular complexity index is 424. The van der Waals surface area contributed by atoms with E-state index in [1.807, 2.05) is 35.2 Å². The van der Waals surface area contributed by atoms with Gasteiger partial charge in [0.25, 0.3) is 0 Å². The van der Waals surface area contributed by atoms with Gasteiger partial charge in [0.15, 0.2) is 0 Å². The SMILES string of the molecule is CC(=O)NC[C@@H]1[C@@H](O)[C@@H](O)CN1Cc1ccccc1. The van der Waals surface area contributed by atoms with Gasteiger partial charge in [-0.3, -0.25) is 9.69 Å². The van der Waals surface area contributed by atoms with Gasteiger partial charge in [0, 0.05) is 26.6 Å². The lowest BCUT2D eigenvalue weighted by molar-refractivity contribution is -0.119. The van der Waals surface area contributed by atoms with Crippen LogP contribution in [0.1, 0.15) is 12.5 Å². The topological polar surface area (TPSA) is 72.8 Å². The van der Waals surface area contributed by atoms with Crippen molar-refractivity contribution >= 4 is 5.91 Å². The maximum Gasteiger partial charge on any atom is 0.216 e. The zero-order valence-corrected chi connectivity index (χ0v) is 11.0. The summed E-state index contributed by atoms with van der Waals surface area (Å²) < 4.78 is 0. The highest BCUT2D eigenvalue weighted by Gasteiger charge is 2.39. The lowest BCUT2D eigenvalue weighted by Gasteiger charge is -2.25. The van der Waals surface area contributed by atoms with Gasteiger partial charge in [0.1, 0.15) is 0 Å². The molecule has 1 aliphatic heterocycles. The smallest absolute Gasteiger partial charge is 0.216 e. The molecule has 5 nitrogen and oxygen atoms in total. The number of amides is 1. The maximum absolute atomic E-state index is 11.0. The molecule has 3 atom stereocenters. The Morgan fingerprint density at radius 1 is 1.37 bits per heavy atom. The first-order valence-electron chi connectivity index (χ1n) is 6.46. The Morgan fingerprint density at radius 2 is 2.05 bits per heavy atom. The van der Waals surface area contributed by atoms with Crippen molar-refractivity contribution in [1.82, 2.24) is 10.2 Å². The molecule has 1 amide bonds. The molecule has 1 aromatic rings. The molecule has 1 saturated heterocycles. The zero-order valence-electron chi connectivity index (χ0n) is 11.0. The summed E-state index contributed by atoms with van der Waals surface area (Å²) in [6.45, 7) is 2.86. The van der Waals surface area contributed by atoms with Gasteiger partial charge in [-0.2, -0.15) is 0 Å². The number of carbonyl (C=O) groups excluding carboxylic acids is 1. The predicted molar refractivity (Wildman–Crippen MR) is 71.3 cm³/mol. The maximum atomic E-state index is 11.0. The van der Waals surface area contributed by atoms with Gasteiger partial charge in [-0.15, -0.1) is 0 Å². The van der Waals surface area contributed by atoms with Crippen LogP contribution in [-0.4, -0.2) is 52.4 Å². The Labute approximate surface area is 112 Å². The summed E-state index contributed by atoms with van der Waals surface area (Å²) in [4.78, 5) is 13.0. The average Bonchev–Trinajstić information content (AvgIpc) is 2.64. The van der Waals surface area contributed by atoms with Crippen LogP contribution in [0.5, 0.6) is 0 Å². The number of hydrogen-bond donors (Lipinski definition) is 3. The van der Waals surface area contributed by atoms with Crippen molar-refractivity contribution in [3.63, 3.8) is 0 Å². The first kappa shape index (κ1) is 14.0. The van der Waals surface area contributed by atoms with Crippen molar-refractivity contribution in [2.75, 3.05) is 13.1 Å². The molecule has 1 aliphatic rings. The minimum absolute atomic E-state index is 0.131. The van der Waals surface area contributed by atoms with Gasteiger partial charge in [-0.1, -0.05) is 30.3 Å². The molecule has 0 radical (unpaired) electrons. The van der Waals surface area contributed by atoms with E-state index in [1.165, 1.54) is 6.92 Å². The van der Waals surface area contributed by atoms with Crippen molar-refractivity contribution in [2.24, 2.45) is 0 Å². The van der Waals surface area contributed by atoms with Crippen molar-refractivity contribution in [3.8, 4) is 0 Å². The number of benzene rings is 1. The van der Waals surface area contributed by atoms with Crippen molar-refractivity contribution in [2.45, 2.75) is 31.7 Å². The summed E-state index contributed by atoms with van der Waals surface area (Å²) in [6, 6.07) is 9.63. The third-order valence-electron chi connectivity index (χ3n) is 3.47. The van der Waals surface area contributed by atoms with Gasteiger partial charge in [0.05, 0.1) is 18.2 Å². The fourth-order valence-corrected chi connectivity index (χ4v) is 2.45. The molecule has 3 N–H and O–H groups in total. The van der Waals surface area contributed by atoms with Gasteiger partial charge in [-0.25, -0.2) is 0 Å². The summed E-state index contributed by atoms with van der Waals surface area (Å²) >= 11 is 0. The van der Waals surface area contributed by atoms with Crippen LogP contribution >= 0.6 is 0 Å². The first-order chi connectivity index (χ1) is 9.08. The Kier molecular flexibility index (Phi) is 4.52. The van der Waals surface area contributed by atoms with E-state index in [0.29, 0.717) is 19.6 Å². The third-order valence-corrected chi connectivity index (χ3v) is 3.47. The van der Waals surface area contributed by atoms with E-state index in [1.54, 1.807) is 0 Å². The number of nitrogens with one attached hydrogen (secondary N) is 1. The number of aliphatic hydroxyl groups excluding tert-OH is 2. The molecule has 2 rings (SSSR count). The van der Waals surface area contributed by atoms with E-state index in [2.05, 4.69) is 5.32 Å². The van der Waals surface area contributed by atoms with Crippen LogP contribution in [0.3, 0.4) is 0 Å². The second-order valence-corrected chi connectivity index (χ2v) is 4.98. The Balaban J connectivity index is 2.02. The lowest BCUT2D eigenvalue weighted by atomic mass is 10.1. The van der Waals surface area contributed by atoms with E-state index in [4.69, 9.17) is 0 Å². The van der Waals surface area contributed by atoms with E-state index in [-0.39, 0.29) is 11.9 Å². The largest absolute Gasteiger partial charge is 0.389 e.